The normalized spacial score (nSPS) is 11.5. The molecule has 0 bridgehead atoms. The molecular formula is C56H38N2O10. The SMILES string of the molecule is Oc1c(O)c(O)c(-c2ccc(N(c3ccccc3)c3ccc4c5cccc6c(N(c7ccccc7)c7ccc(-c8c(O)c(O)c(O)c(O)c8O)cc7)ccc(c7cccc3c74)c65)cc2)c(O)c1O. The number of phenols is 10. The third-order valence-electron chi connectivity index (χ3n) is 12.7. The van der Waals surface area contributed by atoms with Crippen molar-refractivity contribution in [1.82, 2.24) is 0 Å². The number of anilines is 6. The average Bonchev–Trinajstić information content (AvgIpc) is 3.38. The van der Waals surface area contributed by atoms with Gasteiger partial charge in [-0.3, -0.25) is 0 Å². The van der Waals surface area contributed by atoms with Crippen LogP contribution < -0.4 is 9.80 Å². The van der Waals surface area contributed by atoms with Gasteiger partial charge in [0.05, 0.1) is 22.5 Å². The second-order valence-corrected chi connectivity index (χ2v) is 16.4. The molecule has 12 nitrogen and oxygen atoms in total. The van der Waals surface area contributed by atoms with Gasteiger partial charge in [-0.25, -0.2) is 0 Å². The Balaban J connectivity index is 1.07. The van der Waals surface area contributed by atoms with Crippen molar-refractivity contribution in [3.63, 3.8) is 0 Å². The standard InChI is InChI=1S/C56H38N2O10/c59-47-43(48(60)52(64)55(67)51(47)63)29-17-21-33(22-18-29)57(31-9-3-1-4-10-31)41-27-25-37-36-14-8-16-40-42(28-26-38(46(36)40)35-13-7-15-39(41)45(35)37)58(32-11-5-2-6-12-32)34-23-19-30(20-24-34)44-49(61)53(65)56(68)54(66)50(44)62/h1-28,59-68H. The first-order valence-corrected chi connectivity index (χ1v) is 21.4. The Morgan fingerprint density at radius 2 is 0.500 bits per heavy atom. The highest BCUT2D eigenvalue weighted by molar-refractivity contribution is 6.35. The number of nitrogens with zero attached hydrogens (tertiary/aromatic N) is 2. The summed E-state index contributed by atoms with van der Waals surface area (Å²) in [5.41, 5.74) is 5.01. The Bertz CT molecular complexity index is 3460. The first kappa shape index (κ1) is 41.1. The summed E-state index contributed by atoms with van der Waals surface area (Å²) < 4.78 is 0. The number of hydrogen-bond donors (Lipinski definition) is 10. The molecule has 12 heteroatoms. The fraction of sp³-hybridized carbons (Fsp3) is 0. The molecule has 0 aromatic heterocycles. The Labute approximate surface area is 386 Å². The van der Waals surface area contributed by atoms with E-state index < -0.39 is 57.5 Å². The first-order chi connectivity index (χ1) is 32.9. The third-order valence-corrected chi connectivity index (χ3v) is 12.7. The quantitative estimate of drug-likeness (QED) is 0.0299. The van der Waals surface area contributed by atoms with Gasteiger partial charge < -0.3 is 60.9 Å². The van der Waals surface area contributed by atoms with Gasteiger partial charge in [-0.2, -0.15) is 0 Å². The van der Waals surface area contributed by atoms with Crippen LogP contribution in [0, 0.1) is 0 Å². The van der Waals surface area contributed by atoms with E-state index in [2.05, 4.69) is 58.3 Å². The van der Waals surface area contributed by atoms with E-state index in [0.717, 1.165) is 77.2 Å². The summed E-state index contributed by atoms with van der Waals surface area (Å²) in [5, 5.41) is 112. The number of fused-ring (bicyclic) bond motifs is 2. The van der Waals surface area contributed by atoms with Crippen molar-refractivity contribution < 1.29 is 51.1 Å². The largest absolute Gasteiger partial charge is 0.504 e. The molecule has 0 aliphatic rings. The minimum Gasteiger partial charge on any atom is -0.504 e. The van der Waals surface area contributed by atoms with Gasteiger partial charge in [0.2, 0.25) is 34.5 Å². The number of para-hydroxylation sites is 2. The van der Waals surface area contributed by atoms with Crippen LogP contribution >= 0.6 is 0 Å². The van der Waals surface area contributed by atoms with Gasteiger partial charge in [-0.05, 0) is 104 Å². The van der Waals surface area contributed by atoms with Gasteiger partial charge in [0.1, 0.15) is 0 Å². The summed E-state index contributed by atoms with van der Waals surface area (Å²) in [6, 6.07) is 54.4. The number of rotatable bonds is 8. The molecule has 0 saturated heterocycles. The van der Waals surface area contributed by atoms with Crippen LogP contribution in [0.2, 0.25) is 0 Å². The molecule has 68 heavy (non-hydrogen) atoms. The molecule has 11 aromatic rings. The highest BCUT2D eigenvalue weighted by Gasteiger charge is 2.28. The Kier molecular flexibility index (Phi) is 9.35. The van der Waals surface area contributed by atoms with Crippen molar-refractivity contribution in [2.75, 3.05) is 9.80 Å². The third kappa shape index (κ3) is 6.08. The van der Waals surface area contributed by atoms with Crippen LogP contribution in [0.15, 0.2) is 170 Å². The Morgan fingerprint density at radius 1 is 0.221 bits per heavy atom. The van der Waals surface area contributed by atoms with Crippen molar-refractivity contribution in [1.29, 1.82) is 0 Å². The van der Waals surface area contributed by atoms with Gasteiger partial charge >= 0.3 is 0 Å². The molecule has 0 amide bonds. The number of aromatic hydroxyl groups is 10. The zero-order chi connectivity index (χ0) is 47.1. The van der Waals surface area contributed by atoms with Crippen molar-refractivity contribution in [3.05, 3.63) is 170 Å². The lowest BCUT2D eigenvalue weighted by Crippen LogP contribution is -2.11. The molecule has 0 saturated carbocycles. The maximum Gasteiger partial charge on any atom is 0.208 e. The number of benzene rings is 11. The molecule has 11 rings (SSSR count). The number of phenolic OH excluding ortho intramolecular Hbond substituents is 10. The molecule has 0 atom stereocenters. The van der Waals surface area contributed by atoms with Gasteiger partial charge in [-0.1, -0.05) is 109 Å². The molecule has 0 aliphatic heterocycles. The Hall–Kier alpha value is -9.68. The van der Waals surface area contributed by atoms with Gasteiger partial charge in [-0.15, -0.1) is 0 Å². The molecule has 11 aromatic carbocycles. The summed E-state index contributed by atoms with van der Waals surface area (Å²) in [7, 11) is 0. The van der Waals surface area contributed by atoms with Gasteiger partial charge in [0.15, 0.2) is 23.0 Å². The monoisotopic (exact) mass is 898 g/mol. The summed E-state index contributed by atoms with van der Waals surface area (Å²) >= 11 is 0. The van der Waals surface area contributed by atoms with Crippen LogP contribution in [0.3, 0.4) is 0 Å². The van der Waals surface area contributed by atoms with E-state index in [1.165, 1.54) is 0 Å². The average molecular weight is 899 g/mol. The van der Waals surface area contributed by atoms with Crippen LogP contribution in [-0.4, -0.2) is 51.1 Å². The molecule has 0 fully saturated rings. The van der Waals surface area contributed by atoms with Crippen molar-refractivity contribution in [2.45, 2.75) is 0 Å². The van der Waals surface area contributed by atoms with Crippen LogP contribution in [-0.2, 0) is 0 Å². The highest BCUT2D eigenvalue weighted by atomic mass is 16.4. The fourth-order valence-electron chi connectivity index (χ4n) is 9.55. The zero-order valence-electron chi connectivity index (χ0n) is 35.5. The fourth-order valence-corrected chi connectivity index (χ4v) is 9.55. The lowest BCUT2D eigenvalue weighted by Gasteiger charge is -2.29. The van der Waals surface area contributed by atoms with Crippen LogP contribution in [0.25, 0.3) is 65.3 Å². The maximum absolute atomic E-state index is 10.7. The predicted octanol–water partition coefficient (Wildman–Crippen LogP) is 13.1. The van der Waals surface area contributed by atoms with E-state index in [1.807, 2.05) is 72.8 Å². The van der Waals surface area contributed by atoms with E-state index in [-0.39, 0.29) is 22.3 Å². The van der Waals surface area contributed by atoms with E-state index in [4.69, 9.17) is 0 Å². The van der Waals surface area contributed by atoms with E-state index in [0.29, 0.717) is 0 Å². The van der Waals surface area contributed by atoms with Crippen molar-refractivity contribution in [3.8, 4) is 79.7 Å². The van der Waals surface area contributed by atoms with E-state index in [1.54, 1.807) is 48.5 Å². The van der Waals surface area contributed by atoms with E-state index in [9.17, 15) is 51.1 Å². The van der Waals surface area contributed by atoms with Crippen molar-refractivity contribution >= 4 is 77.2 Å². The second-order valence-electron chi connectivity index (χ2n) is 16.4. The smallest absolute Gasteiger partial charge is 0.208 e. The molecule has 0 spiro atoms. The minimum atomic E-state index is -1.03. The van der Waals surface area contributed by atoms with Gasteiger partial charge in [0, 0.05) is 33.5 Å². The maximum atomic E-state index is 10.7. The highest BCUT2D eigenvalue weighted by Crippen LogP contribution is 2.57. The van der Waals surface area contributed by atoms with Crippen molar-refractivity contribution in [2.24, 2.45) is 0 Å². The van der Waals surface area contributed by atoms with Gasteiger partial charge in [0.25, 0.3) is 0 Å². The molecular weight excluding hydrogens is 861 g/mol. The minimum absolute atomic E-state index is 0.241. The molecule has 0 aliphatic carbocycles. The topological polar surface area (TPSA) is 209 Å². The second kappa shape index (κ2) is 15.5. The number of hydrogen-bond acceptors (Lipinski definition) is 12. The predicted molar refractivity (Wildman–Crippen MR) is 265 cm³/mol. The lowest BCUT2D eigenvalue weighted by molar-refractivity contribution is 0.330. The van der Waals surface area contributed by atoms with E-state index >= 15 is 0 Å². The molecule has 0 heterocycles. The Morgan fingerprint density at radius 3 is 0.838 bits per heavy atom. The summed E-state index contributed by atoms with van der Waals surface area (Å²) in [6.45, 7) is 0. The van der Waals surface area contributed by atoms with Crippen LogP contribution in [0.4, 0.5) is 34.1 Å². The zero-order valence-corrected chi connectivity index (χ0v) is 35.5. The first-order valence-electron chi connectivity index (χ1n) is 21.4. The molecule has 0 unspecified atom stereocenters. The molecule has 332 valence electrons. The molecule has 10 N–H and O–H groups in total. The van der Waals surface area contributed by atoms with Crippen LogP contribution in [0.1, 0.15) is 0 Å². The van der Waals surface area contributed by atoms with Crippen LogP contribution in [0.5, 0.6) is 57.5 Å². The molecule has 0 radical (unpaired) electrons. The lowest BCUT2D eigenvalue weighted by atomic mass is 9.88. The summed E-state index contributed by atoms with van der Waals surface area (Å²) in [4.78, 5) is 4.21. The summed E-state index contributed by atoms with van der Waals surface area (Å²) in [5.74, 6) is -8.99. The summed E-state index contributed by atoms with van der Waals surface area (Å²) in [6.07, 6.45) is 0.